The van der Waals surface area contributed by atoms with E-state index in [4.69, 9.17) is 5.11 Å². The van der Waals surface area contributed by atoms with E-state index >= 15 is 0 Å². The lowest BCUT2D eigenvalue weighted by Gasteiger charge is -2.52. The van der Waals surface area contributed by atoms with E-state index in [1.165, 1.54) is 35.2 Å². The molecule has 6 rings (SSSR count). The van der Waals surface area contributed by atoms with E-state index in [0.29, 0.717) is 42.8 Å². The number of benzene rings is 1. The van der Waals surface area contributed by atoms with Gasteiger partial charge < -0.3 is 10.0 Å². The monoisotopic (exact) mass is 511 g/mol. The molecular weight excluding hydrogens is 470 g/mol. The molecule has 4 nitrogen and oxygen atoms in total. The zero-order chi connectivity index (χ0) is 26.3. The number of anilines is 1. The van der Waals surface area contributed by atoms with Crippen LogP contribution in [0.3, 0.4) is 0 Å². The number of hydrogen-bond acceptors (Lipinski definition) is 4. The lowest BCUT2D eigenvalue weighted by molar-refractivity contribution is -0.127. The second-order valence-corrected chi connectivity index (χ2v) is 12.5. The second kappa shape index (κ2) is 10.5. The van der Waals surface area contributed by atoms with Crippen LogP contribution in [0.25, 0.3) is 0 Å². The van der Waals surface area contributed by atoms with Gasteiger partial charge in [0, 0.05) is 49.9 Å². The van der Waals surface area contributed by atoms with Crippen LogP contribution in [0, 0.1) is 35.0 Å². The highest BCUT2D eigenvalue weighted by atomic mass is 16.2. The first kappa shape index (κ1) is 25.6. The Balaban J connectivity index is 1.37. The molecule has 4 aliphatic carbocycles. The van der Waals surface area contributed by atoms with Gasteiger partial charge in [0.25, 0.3) is 0 Å². The van der Waals surface area contributed by atoms with Crippen LogP contribution >= 0.6 is 0 Å². The van der Waals surface area contributed by atoms with E-state index in [1.54, 1.807) is 5.57 Å². The molecule has 38 heavy (non-hydrogen) atoms. The summed E-state index contributed by atoms with van der Waals surface area (Å²) in [6.07, 6.45) is 12.2. The number of rotatable bonds is 5. The average molecular weight is 512 g/mol. The molecule has 1 aromatic rings. The number of aliphatic hydroxyl groups is 1. The molecule has 1 saturated heterocycles. The predicted molar refractivity (Wildman–Crippen MR) is 151 cm³/mol. The van der Waals surface area contributed by atoms with Gasteiger partial charge in [0.1, 0.15) is 12.4 Å². The third kappa shape index (κ3) is 4.47. The van der Waals surface area contributed by atoms with E-state index < -0.39 is 0 Å². The molecule has 1 aliphatic heterocycles. The Morgan fingerprint density at radius 2 is 1.84 bits per heavy atom. The highest BCUT2D eigenvalue weighted by Crippen LogP contribution is 2.65. The largest absolute Gasteiger partial charge is 0.384 e. The first-order valence-corrected chi connectivity index (χ1v) is 14.9. The van der Waals surface area contributed by atoms with E-state index in [2.05, 4.69) is 47.9 Å². The van der Waals surface area contributed by atoms with Crippen molar-refractivity contribution in [2.45, 2.75) is 83.5 Å². The maximum absolute atomic E-state index is 13.5. The summed E-state index contributed by atoms with van der Waals surface area (Å²) in [6, 6.07) is 9.34. The number of aliphatic hydroxyl groups excluding tert-OH is 1. The van der Waals surface area contributed by atoms with Gasteiger partial charge in [-0.3, -0.25) is 9.59 Å². The van der Waals surface area contributed by atoms with Gasteiger partial charge >= 0.3 is 0 Å². The number of Topliss-reactive ketones (excluding diaryl/α,β-unsaturated/α-hetero) is 1. The SMILES string of the molecule is C[C@]12C[C@H](c3ccc(N4CCCC4)cc3)C3=C4CCC(=O)C=C4CC[C@H]3[C@@H]1CC[C@@H]2C(=O)CCC#CCO. The third-order valence-corrected chi connectivity index (χ3v) is 10.6. The van der Waals surface area contributed by atoms with Gasteiger partial charge in [-0.1, -0.05) is 30.6 Å². The van der Waals surface area contributed by atoms with Gasteiger partial charge in [-0.05, 0) is 104 Å². The van der Waals surface area contributed by atoms with Crippen molar-refractivity contribution in [2.75, 3.05) is 24.6 Å². The molecule has 0 aromatic heterocycles. The van der Waals surface area contributed by atoms with Crippen LogP contribution in [0.15, 0.2) is 47.1 Å². The van der Waals surface area contributed by atoms with Crippen LogP contribution in [0.1, 0.15) is 89.0 Å². The van der Waals surface area contributed by atoms with E-state index in [1.807, 2.05) is 6.08 Å². The number of allylic oxidation sites excluding steroid dienone is 4. The minimum Gasteiger partial charge on any atom is -0.384 e. The molecule has 4 heteroatoms. The zero-order valence-electron chi connectivity index (χ0n) is 22.8. The van der Waals surface area contributed by atoms with Gasteiger partial charge in [0.2, 0.25) is 0 Å². The molecule has 200 valence electrons. The minimum absolute atomic E-state index is 0.0137. The summed E-state index contributed by atoms with van der Waals surface area (Å²) in [5.74, 6) is 7.72. The molecule has 0 bridgehead atoms. The van der Waals surface area contributed by atoms with E-state index in [0.717, 1.165) is 51.6 Å². The van der Waals surface area contributed by atoms with Crippen molar-refractivity contribution < 1.29 is 14.7 Å². The lowest BCUT2D eigenvalue weighted by Crippen LogP contribution is -2.45. The smallest absolute Gasteiger partial charge is 0.156 e. The molecular formula is C34H41NO3. The molecule has 1 heterocycles. The second-order valence-electron chi connectivity index (χ2n) is 12.5. The summed E-state index contributed by atoms with van der Waals surface area (Å²) in [7, 11) is 0. The molecule has 1 aromatic carbocycles. The Hall–Kier alpha value is -2.64. The average Bonchev–Trinajstić information content (AvgIpc) is 3.58. The molecule has 2 saturated carbocycles. The molecule has 0 unspecified atom stereocenters. The Kier molecular flexibility index (Phi) is 7.08. The van der Waals surface area contributed by atoms with Gasteiger partial charge in [-0.15, -0.1) is 5.92 Å². The highest BCUT2D eigenvalue weighted by Gasteiger charge is 2.57. The molecule has 0 spiro atoms. The highest BCUT2D eigenvalue weighted by molar-refractivity contribution is 5.93. The molecule has 0 radical (unpaired) electrons. The van der Waals surface area contributed by atoms with Gasteiger partial charge in [-0.2, -0.15) is 0 Å². The van der Waals surface area contributed by atoms with Crippen molar-refractivity contribution in [1.82, 2.24) is 0 Å². The van der Waals surface area contributed by atoms with E-state index in [-0.39, 0.29) is 23.7 Å². The number of ketones is 2. The maximum Gasteiger partial charge on any atom is 0.156 e. The normalized spacial score (nSPS) is 32.2. The summed E-state index contributed by atoms with van der Waals surface area (Å²) in [4.78, 5) is 28.3. The standard InChI is InChI=1S/C34H41NO3/c1-34-22-29(23-8-11-25(12-9-23)35-18-4-5-19-35)33-27-15-13-26(37)21-24(27)10-14-28(33)30(34)16-17-31(34)32(38)7-3-2-6-20-36/h8-9,11-12,21,28-31,36H,3-5,7,10,13-20,22H2,1H3/t28-,29+,30-,31+,34-/m0/s1. The summed E-state index contributed by atoms with van der Waals surface area (Å²) >= 11 is 0. The van der Waals surface area contributed by atoms with Crippen molar-refractivity contribution in [2.24, 2.45) is 23.2 Å². The molecule has 5 aliphatic rings. The number of hydrogen-bond donors (Lipinski definition) is 1. The predicted octanol–water partition coefficient (Wildman–Crippen LogP) is 6.15. The number of fused-ring (bicyclic) bond motifs is 4. The van der Waals surface area contributed by atoms with Crippen LogP contribution in [0.2, 0.25) is 0 Å². The maximum atomic E-state index is 13.5. The molecule has 5 atom stereocenters. The Morgan fingerprint density at radius 3 is 2.61 bits per heavy atom. The summed E-state index contributed by atoms with van der Waals surface area (Å²) in [5.41, 5.74) is 7.07. The summed E-state index contributed by atoms with van der Waals surface area (Å²) < 4.78 is 0. The Labute approximate surface area is 227 Å². The fraction of sp³-hybridized carbons (Fsp3) is 0.588. The first-order valence-electron chi connectivity index (χ1n) is 14.9. The minimum atomic E-state index is -0.142. The fourth-order valence-corrected chi connectivity index (χ4v) is 8.88. The van der Waals surface area contributed by atoms with Crippen molar-refractivity contribution in [3.8, 4) is 11.8 Å². The Morgan fingerprint density at radius 1 is 1.05 bits per heavy atom. The molecule has 0 amide bonds. The molecule has 3 fully saturated rings. The number of carbonyl (C=O) groups is 2. The summed E-state index contributed by atoms with van der Waals surface area (Å²) in [5, 5.41) is 8.97. The third-order valence-electron chi connectivity index (χ3n) is 10.6. The Bertz CT molecular complexity index is 1220. The van der Waals surface area contributed by atoms with Gasteiger partial charge in [0.15, 0.2) is 5.78 Å². The van der Waals surface area contributed by atoms with Gasteiger partial charge in [0.05, 0.1) is 0 Å². The van der Waals surface area contributed by atoms with Crippen molar-refractivity contribution >= 4 is 17.3 Å². The van der Waals surface area contributed by atoms with Crippen LogP contribution in [-0.4, -0.2) is 36.4 Å². The lowest BCUT2D eigenvalue weighted by atomic mass is 9.51. The van der Waals surface area contributed by atoms with Crippen molar-refractivity contribution in [3.63, 3.8) is 0 Å². The van der Waals surface area contributed by atoms with Gasteiger partial charge in [-0.25, -0.2) is 0 Å². The van der Waals surface area contributed by atoms with Crippen LogP contribution in [-0.2, 0) is 9.59 Å². The number of nitrogens with zero attached hydrogens (tertiary/aromatic N) is 1. The fourth-order valence-electron chi connectivity index (χ4n) is 8.88. The summed E-state index contributed by atoms with van der Waals surface area (Å²) in [6.45, 7) is 4.56. The zero-order valence-corrected chi connectivity index (χ0v) is 22.8. The van der Waals surface area contributed by atoms with E-state index in [9.17, 15) is 9.59 Å². The number of carbonyl (C=O) groups excluding carboxylic acids is 2. The van der Waals surface area contributed by atoms with Crippen molar-refractivity contribution in [3.05, 3.63) is 52.6 Å². The van der Waals surface area contributed by atoms with Crippen LogP contribution in [0.4, 0.5) is 5.69 Å². The van der Waals surface area contributed by atoms with Crippen LogP contribution < -0.4 is 4.90 Å². The topological polar surface area (TPSA) is 57.6 Å². The van der Waals surface area contributed by atoms with Crippen molar-refractivity contribution in [1.29, 1.82) is 0 Å². The first-order chi connectivity index (χ1) is 18.5. The van der Waals surface area contributed by atoms with Crippen LogP contribution in [0.5, 0.6) is 0 Å². The quantitative estimate of drug-likeness (QED) is 0.482. The molecule has 1 N–H and O–H groups in total.